The molecule has 7 heteroatoms. The van der Waals surface area contributed by atoms with Gasteiger partial charge in [0.25, 0.3) is 0 Å². The summed E-state index contributed by atoms with van der Waals surface area (Å²) in [6, 6.07) is 0. The summed E-state index contributed by atoms with van der Waals surface area (Å²) >= 11 is 0. The number of hydrogen-bond donors (Lipinski definition) is 3. The van der Waals surface area contributed by atoms with E-state index in [-0.39, 0.29) is 0 Å². The second-order valence-corrected chi connectivity index (χ2v) is 4.35. The lowest BCUT2D eigenvalue weighted by molar-refractivity contribution is -0.172. The Morgan fingerprint density at radius 2 is 1.62 bits per heavy atom. The van der Waals surface area contributed by atoms with E-state index in [1.807, 2.05) is 0 Å². The van der Waals surface area contributed by atoms with Crippen LogP contribution < -0.4 is 5.73 Å². The smallest absolute Gasteiger partial charge is 0.338 e. The molecule has 0 saturated carbocycles. The molecule has 16 heavy (non-hydrogen) atoms. The van der Waals surface area contributed by atoms with Crippen molar-refractivity contribution in [2.24, 2.45) is 5.73 Å². The minimum Gasteiger partial charge on any atom is -0.481 e. The predicted molar refractivity (Wildman–Crippen MR) is 52.7 cm³/mol. The lowest BCUT2D eigenvalue weighted by Crippen LogP contribution is -2.58. The van der Waals surface area contributed by atoms with Crippen LogP contribution in [0.15, 0.2) is 0 Å². The van der Waals surface area contributed by atoms with Gasteiger partial charge >= 0.3 is 17.9 Å². The molecule has 0 unspecified atom stereocenters. The minimum absolute atomic E-state index is 0.935. The fourth-order valence-corrected chi connectivity index (χ4v) is 0.843. The summed E-state index contributed by atoms with van der Waals surface area (Å²) in [4.78, 5) is 32.7. The molecule has 0 aromatic carbocycles. The number of carbonyl (C=O) groups excluding carboxylic acids is 1. The molecule has 0 amide bonds. The minimum atomic E-state index is -2.56. The molecule has 0 aromatic rings. The number of nitrogens with two attached hydrogens (primary N) is 1. The van der Waals surface area contributed by atoms with Gasteiger partial charge in [0, 0.05) is 0 Å². The summed E-state index contributed by atoms with van der Waals surface area (Å²) in [5.74, 6) is -4.49. The average Bonchev–Trinajstić information content (AvgIpc) is 1.98. The molecule has 4 N–H and O–H groups in total. The van der Waals surface area contributed by atoms with Crippen LogP contribution in [0.3, 0.4) is 0 Å². The molecule has 7 nitrogen and oxygen atoms in total. The molecular formula is C9H15NO6. The Morgan fingerprint density at radius 1 is 1.19 bits per heavy atom. The number of esters is 1. The van der Waals surface area contributed by atoms with Gasteiger partial charge in [-0.15, -0.1) is 0 Å². The molecule has 0 aliphatic rings. The highest BCUT2D eigenvalue weighted by Crippen LogP contribution is 2.16. The van der Waals surface area contributed by atoms with E-state index in [1.54, 1.807) is 0 Å². The maximum absolute atomic E-state index is 11.5. The number of carboxylic acid groups (broad SMARTS) is 2. The molecule has 92 valence electrons. The Hall–Kier alpha value is -1.63. The summed E-state index contributed by atoms with van der Waals surface area (Å²) in [5.41, 5.74) is 1.75. The van der Waals surface area contributed by atoms with E-state index >= 15 is 0 Å². The molecule has 0 aliphatic heterocycles. The van der Waals surface area contributed by atoms with E-state index in [0.29, 0.717) is 0 Å². The highest BCUT2D eigenvalue weighted by atomic mass is 16.6. The van der Waals surface area contributed by atoms with Crippen LogP contribution in [0.1, 0.15) is 27.2 Å². The molecule has 0 aromatic heterocycles. The fraction of sp³-hybridized carbons (Fsp3) is 0.667. The number of hydrogen-bond acceptors (Lipinski definition) is 5. The van der Waals surface area contributed by atoms with Crippen molar-refractivity contribution in [2.75, 3.05) is 0 Å². The first-order chi connectivity index (χ1) is 6.99. The van der Waals surface area contributed by atoms with E-state index < -0.39 is 35.5 Å². The van der Waals surface area contributed by atoms with E-state index in [4.69, 9.17) is 20.7 Å². The van der Waals surface area contributed by atoms with Crippen molar-refractivity contribution in [2.45, 2.75) is 38.3 Å². The summed E-state index contributed by atoms with van der Waals surface area (Å²) in [7, 11) is 0. The maximum atomic E-state index is 11.5. The first-order valence-electron chi connectivity index (χ1n) is 4.46. The fourth-order valence-electron chi connectivity index (χ4n) is 0.843. The zero-order valence-corrected chi connectivity index (χ0v) is 9.31. The van der Waals surface area contributed by atoms with E-state index in [9.17, 15) is 14.4 Å². The Labute approximate surface area is 92.2 Å². The van der Waals surface area contributed by atoms with Crippen LogP contribution in [0, 0.1) is 0 Å². The topological polar surface area (TPSA) is 127 Å². The summed E-state index contributed by atoms with van der Waals surface area (Å²) in [6.07, 6.45) is -1.03. The van der Waals surface area contributed by atoms with Gasteiger partial charge in [-0.25, -0.2) is 9.59 Å². The molecule has 0 aliphatic carbocycles. The highest BCUT2D eigenvalue weighted by Gasteiger charge is 2.47. The van der Waals surface area contributed by atoms with E-state index in [2.05, 4.69) is 0 Å². The van der Waals surface area contributed by atoms with Crippen molar-refractivity contribution in [3.8, 4) is 0 Å². The van der Waals surface area contributed by atoms with Crippen molar-refractivity contribution >= 4 is 17.9 Å². The van der Waals surface area contributed by atoms with Crippen molar-refractivity contribution in [1.29, 1.82) is 0 Å². The number of rotatable bonds is 4. The summed E-state index contributed by atoms with van der Waals surface area (Å²) in [6.45, 7) is 4.57. The first kappa shape index (κ1) is 14.4. The molecule has 0 saturated heterocycles. The van der Waals surface area contributed by atoms with Gasteiger partial charge in [0.2, 0.25) is 5.54 Å². The number of carboxylic acids is 2. The average molecular weight is 233 g/mol. The van der Waals surface area contributed by atoms with Crippen LogP contribution in [0.2, 0.25) is 0 Å². The van der Waals surface area contributed by atoms with Gasteiger partial charge in [0.1, 0.15) is 5.60 Å². The van der Waals surface area contributed by atoms with Gasteiger partial charge in [0.15, 0.2) is 0 Å². The van der Waals surface area contributed by atoms with E-state index in [0.717, 1.165) is 0 Å². The Morgan fingerprint density at radius 3 is 1.88 bits per heavy atom. The zero-order valence-electron chi connectivity index (χ0n) is 9.31. The van der Waals surface area contributed by atoms with E-state index in [1.165, 1.54) is 20.8 Å². The Bertz CT molecular complexity index is 318. The number of ether oxygens (including phenoxy) is 1. The second-order valence-electron chi connectivity index (χ2n) is 4.35. The van der Waals surface area contributed by atoms with Crippen LogP contribution in [0.25, 0.3) is 0 Å². The molecule has 0 rings (SSSR count). The predicted octanol–water partition coefficient (Wildman–Crippen LogP) is -0.415. The lowest BCUT2D eigenvalue weighted by Gasteiger charge is -2.26. The first-order valence-corrected chi connectivity index (χ1v) is 4.46. The van der Waals surface area contributed by atoms with Gasteiger partial charge in [-0.3, -0.25) is 4.79 Å². The van der Waals surface area contributed by atoms with Crippen LogP contribution in [-0.2, 0) is 19.1 Å². The quantitative estimate of drug-likeness (QED) is 0.444. The third kappa shape index (κ3) is 3.85. The molecule has 0 radical (unpaired) electrons. The molecular weight excluding hydrogens is 218 g/mol. The third-order valence-electron chi connectivity index (χ3n) is 1.57. The molecule has 0 fully saturated rings. The van der Waals surface area contributed by atoms with Gasteiger partial charge in [-0.2, -0.15) is 0 Å². The van der Waals surface area contributed by atoms with Gasteiger partial charge in [0.05, 0.1) is 6.42 Å². The highest BCUT2D eigenvalue weighted by molar-refractivity contribution is 6.06. The molecule has 0 heterocycles. The van der Waals surface area contributed by atoms with Crippen molar-refractivity contribution in [1.82, 2.24) is 0 Å². The van der Waals surface area contributed by atoms with Crippen LogP contribution in [0.5, 0.6) is 0 Å². The normalized spacial score (nSPS) is 15.0. The van der Waals surface area contributed by atoms with Gasteiger partial charge in [-0.05, 0) is 20.8 Å². The molecule has 0 bridgehead atoms. The monoisotopic (exact) mass is 233 g/mol. The maximum Gasteiger partial charge on any atom is 0.338 e. The zero-order chi connectivity index (χ0) is 13.1. The second kappa shape index (κ2) is 4.48. The van der Waals surface area contributed by atoms with Crippen molar-refractivity contribution in [3.63, 3.8) is 0 Å². The number of carbonyl (C=O) groups is 3. The summed E-state index contributed by atoms with van der Waals surface area (Å²) in [5, 5.41) is 17.3. The largest absolute Gasteiger partial charge is 0.481 e. The standard InChI is InChI=1S/C9H15NO6/c1-8(2,3)16-7(15)9(10,6(13)14)4-5(11)12/h4,10H2,1-3H3,(H,11,12)(H,13,14)/t9-/m1/s1. The lowest BCUT2D eigenvalue weighted by atomic mass is 9.96. The van der Waals surface area contributed by atoms with Crippen molar-refractivity contribution in [3.05, 3.63) is 0 Å². The van der Waals surface area contributed by atoms with Crippen LogP contribution >= 0.6 is 0 Å². The SMILES string of the molecule is CC(C)(C)OC(=O)[C@@](N)(CC(=O)O)C(=O)O. The van der Waals surface area contributed by atoms with Crippen LogP contribution in [0.4, 0.5) is 0 Å². The van der Waals surface area contributed by atoms with Gasteiger partial charge < -0.3 is 20.7 Å². The Balaban J connectivity index is 4.99. The van der Waals surface area contributed by atoms with Crippen molar-refractivity contribution < 1.29 is 29.3 Å². The van der Waals surface area contributed by atoms with Gasteiger partial charge in [-0.1, -0.05) is 0 Å². The summed E-state index contributed by atoms with van der Waals surface area (Å²) < 4.78 is 4.76. The molecule has 1 atom stereocenters. The Kier molecular flexibility index (Phi) is 4.02. The number of aliphatic carboxylic acids is 2. The molecule has 0 spiro atoms. The third-order valence-corrected chi connectivity index (χ3v) is 1.57. The van der Waals surface area contributed by atoms with Crippen LogP contribution in [-0.4, -0.2) is 39.3 Å².